The number of aromatic nitrogens is 4. The van der Waals surface area contributed by atoms with Crippen LogP contribution in [0.1, 0.15) is 16.8 Å². The van der Waals surface area contributed by atoms with Crippen molar-refractivity contribution in [1.29, 1.82) is 0 Å². The number of aryl methyl sites for hydroxylation is 1. The SMILES string of the molecule is Cc1[nH]c2c(CN)cccc2c1-c1ncnc(NCc2ccccc2)n1. The first-order chi connectivity index (χ1) is 12.8. The molecule has 4 N–H and O–H groups in total. The van der Waals surface area contributed by atoms with Gasteiger partial charge in [-0.25, -0.2) is 9.97 Å². The van der Waals surface area contributed by atoms with Gasteiger partial charge in [-0.3, -0.25) is 0 Å². The van der Waals surface area contributed by atoms with Gasteiger partial charge in [-0.1, -0.05) is 48.5 Å². The molecule has 2 aromatic heterocycles. The van der Waals surface area contributed by atoms with Crippen molar-refractivity contribution in [3.8, 4) is 11.4 Å². The number of rotatable bonds is 5. The van der Waals surface area contributed by atoms with Gasteiger partial charge in [0.15, 0.2) is 5.82 Å². The Morgan fingerprint density at radius 1 is 1.04 bits per heavy atom. The molecule has 0 amide bonds. The fourth-order valence-corrected chi connectivity index (χ4v) is 3.15. The zero-order chi connectivity index (χ0) is 17.9. The predicted molar refractivity (Wildman–Crippen MR) is 104 cm³/mol. The third-order valence-corrected chi connectivity index (χ3v) is 4.42. The van der Waals surface area contributed by atoms with E-state index in [2.05, 4.69) is 43.5 Å². The molecule has 0 saturated heterocycles. The second-order valence-electron chi connectivity index (χ2n) is 6.14. The summed E-state index contributed by atoms with van der Waals surface area (Å²) in [5, 5.41) is 4.34. The highest BCUT2D eigenvalue weighted by Gasteiger charge is 2.15. The molecule has 0 aliphatic heterocycles. The van der Waals surface area contributed by atoms with Crippen LogP contribution in [-0.2, 0) is 13.1 Å². The fourth-order valence-electron chi connectivity index (χ4n) is 3.15. The largest absolute Gasteiger partial charge is 0.358 e. The topological polar surface area (TPSA) is 92.5 Å². The van der Waals surface area contributed by atoms with Crippen molar-refractivity contribution in [2.45, 2.75) is 20.0 Å². The standard InChI is InChI=1S/C20H20N6/c1-13-17(16-9-5-8-15(10-21)18(16)25-13)19-23-12-24-20(26-19)22-11-14-6-3-2-4-7-14/h2-9,12,25H,10-11,21H2,1H3,(H,22,23,24,26). The second kappa shape index (κ2) is 6.93. The first-order valence-electron chi connectivity index (χ1n) is 8.53. The summed E-state index contributed by atoms with van der Waals surface area (Å²) < 4.78 is 0. The van der Waals surface area contributed by atoms with Gasteiger partial charge in [-0.2, -0.15) is 4.98 Å². The molecule has 4 rings (SSSR count). The Hall–Kier alpha value is -3.25. The van der Waals surface area contributed by atoms with Crippen LogP contribution >= 0.6 is 0 Å². The summed E-state index contributed by atoms with van der Waals surface area (Å²) in [7, 11) is 0. The van der Waals surface area contributed by atoms with Crippen LogP contribution in [0, 0.1) is 6.92 Å². The van der Waals surface area contributed by atoms with E-state index in [0.29, 0.717) is 24.9 Å². The number of nitrogens with one attached hydrogen (secondary N) is 2. The van der Waals surface area contributed by atoms with Crippen molar-refractivity contribution in [1.82, 2.24) is 19.9 Å². The van der Waals surface area contributed by atoms with E-state index >= 15 is 0 Å². The minimum absolute atomic E-state index is 0.484. The van der Waals surface area contributed by atoms with E-state index in [-0.39, 0.29) is 0 Å². The fraction of sp³-hybridized carbons (Fsp3) is 0.150. The number of aromatic amines is 1. The van der Waals surface area contributed by atoms with Gasteiger partial charge in [0.05, 0.1) is 5.52 Å². The molecule has 6 heteroatoms. The second-order valence-corrected chi connectivity index (χ2v) is 6.14. The van der Waals surface area contributed by atoms with Crippen LogP contribution in [0.4, 0.5) is 5.95 Å². The molecular formula is C20H20N6. The number of anilines is 1. The molecule has 0 aliphatic rings. The van der Waals surface area contributed by atoms with Gasteiger partial charge >= 0.3 is 0 Å². The lowest BCUT2D eigenvalue weighted by atomic mass is 10.1. The number of hydrogen-bond donors (Lipinski definition) is 3. The van der Waals surface area contributed by atoms with Crippen molar-refractivity contribution in [3.63, 3.8) is 0 Å². The summed E-state index contributed by atoms with van der Waals surface area (Å²) in [4.78, 5) is 16.7. The highest BCUT2D eigenvalue weighted by molar-refractivity contribution is 5.97. The Morgan fingerprint density at radius 3 is 2.69 bits per heavy atom. The zero-order valence-electron chi connectivity index (χ0n) is 14.5. The molecule has 0 radical (unpaired) electrons. The van der Waals surface area contributed by atoms with Crippen LogP contribution in [0.3, 0.4) is 0 Å². The molecule has 4 aromatic rings. The van der Waals surface area contributed by atoms with Gasteiger partial charge < -0.3 is 16.0 Å². The highest BCUT2D eigenvalue weighted by Crippen LogP contribution is 2.31. The van der Waals surface area contributed by atoms with Crippen LogP contribution in [0.25, 0.3) is 22.3 Å². The molecule has 0 bridgehead atoms. The zero-order valence-corrected chi connectivity index (χ0v) is 14.5. The maximum absolute atomic E-state index is 5.86. The molecule has 0 spiro atoms. The number of benzene rings is 2. The number of fused-ring (bicyclic) bond motifs is 1. The Bertz CT molecular complexity index is 1040. The third kappa shape index (κ3) is 3.02. The Morgan fingerprint density at radius 2 is 1.88 bits per heavy atom. The van der Waals surface area contributed by atoms with Gasteiger partial charge in [0, 0.05) is 29.7 Å². The van der Waals surface area contributed by atoms with Gasteiger partial charge in [0.2, 0.25) is 5.95 Å². The summed E-state index contributed by atoms with van der Waals surface area (Å²) >= 11 is 0. The van der Waals surface area contributed by atoms with Crippen LogP contribution in [0.15, 0.2) is 54.9 Å². The van der Waals surface area contributed by atoms with Gasteiger partial charge in [0.1, 0.15) is 6.33 Å². The van der Waals surface area contributed by atoms with Gasteiger partial charge in [-0.15, -0.1) is 0 Å². The van der Waals surface area contributed by atoms with E-state index in [1.807, 2.05) is 37.3 Å². The van der Waals surface area contributed by atoms with Crippen LogP contribution in [0.5, 0.6) is 0 Å². The molecule has 0 atom stereocenters. The van der Waals surface area contributed by atoms with Crippen molar-refractivity contribution < 1.29 is 0 Å². The number of para-hydroxylation sites is 1. The smallest absolute Gasteiger partial charge is 0.226 e. The minimum Gasteiger partial charge on any atom is -0.358 e. The molecule has 0 saturated carbocycles. The molecule has 0 aliphatic carbocycles. The Kier molecular flexibility index (Phi) is 4.33. The number of hydrogen-bond acceptors (Lipinski definition) is 5. The number of nitrogens with two attached hydrogens (primary N) is 1. The highest BCUT2D eigenvalue weighted by atomic mass is 15.1. The predicted octanol–water partition coefficient (Wildman–Crippen LogP) is 3.40. The molecular weight excluding hydrogens is 324 g/mol. The summed E-state index contributed by atoms with van der Waals surface area (Å²) in [5.41, 5.74) is 11.2. The lowest BCUT2D eigenvalue weighted by molar-refractivity contribution is 1.01. The maximum atomic E-state index is 5.86. The first kappa shape index (κ1) is 16.2. The molecule has 130 valence electrons. The Labute approximate surface area is 151 Å². The molecule has 0 fully saturated rings. The number of H-pyrrole nitrogens is 1. The van der Waals surface area contributed by atoms with E-state index < -0.39 is 0 Å². The van der Waals surface area contributed by atoms with Crippen LogP contribution < -0.4 is 11.1 Å². The number of nitrogens with zero attached hydrogens (tertiary/aromatic N) is 3. The van der Waals surface area contributed by atoms with E-state index in [0.717, 1.165) is 27.7 Å². The molecule has 6 nitrogen and oxygen atoms in total. The third-order valence-electron chi connectivity index (χ3n) is 4.42. The van der Waals surface area contributed by atoms with Crippen molar-refractivity contribution in [2.75, 3.05) is 5.32 Å². The molecule has 26 heavy (non-hydrogen) atoms. The lowest BCUT2D eigenvalue weighted by Crippen LogP contribution is -2.05. The molecule has 0 unspecified atom stereocenters. The van der Waals surface area contributed by atoms with Crippen molar-refractivity contribution in [2.24, 2.45) is 5.73 Å². The van der Waals surface area contributed by atoms with Gasteiger partial charge in [-0.05, 0) is 18.1 Å². The normalized spacial score (nSPS) is 11.0. The van der Waals surface area contributed by atoms with Crippen molar-refractivity contribution >= 4 is 16.9 Å². The average Bonchev–Trinajstić information content (AvgIpc) is 3.03. The maximum Gasteiger partial charge on any atom is 0.226 e. The minimum atomic E-state index is 0.484. The summed E-state index contributed by atoms with van der Waals surface area (Å²) in [6.07, 6.45) is 1.54. The molecule has 2 heterocycles. The summed E-state index contributed by atoms with van der Waals surface area (Å²) in [5.74, 6) is 1.20. The van der Waals surface area contributed by atoms with E-state index in [1.54, 1.807) is 6.33 Å². The first-order valence-corrected chi connectivity index (χ1v) is 8.53. The van der Waals surface area contributed by atoms with Crippen molar-refractivity contribution in [3.05, 3.63) is 71.7 Å². The van der Waals surface area contributed by atoms with Crippen LogP contribution in [0.2, 0.25) is 0 Å². The average molecular weight is 344 g/mol. The van der Waals surface area contributed by atoms with E-state index in [4.69, 9.17) is 5.73 Å². The summed E-state index contributed by atoms with van der Waals surface area (Å²) in [6, 6.07) is 16.3. The quantitative estimate of drug-likeness (QED) is 0.516. The Balaban J connectivity index is 1.69. The monoisotopic (exact) mass is 344 g/mol. The van der Waals surface area contributed by atoms with E-state index in [9.17, 15) is 0 Å². The van der Waals surface area contributed by atoms with E-state index in [1.165, 1.54) is 5.56 Å². The summed E-state index contributed by atoms with van der Waals surface area (Å²) in [6.45, 7) is 3.17. The van der Waals surface area contributed by atoms with Crippen LogP contribution in [-0.4, -0.2) is 19.9 Å². The molecule has 2 aromatic carbocycles. The lowest BCUT2D eigenvalue weighted by Gasteiger charge is -2.06. The van der Waals surface area contributed by atoms with Gasteiger partial charge in [0.25, 0.3) is 0 Å².